The van der Waals surface area contributed by atoms with Crippen molar-refractivity contribution in [2.24, 2.45) is 0 Å². The summed E-state index contributed by atoms with van der Waals surface area (Å²) in [5.41, 5.74) is 3.79. The van der Waals surface area contributed by atoms with Gasteiger partial charge >= 0.3 is 0 Å². The minimum atomic E-state index is -0.223. The molecule has 1 aliphatic carbocycles. The monoisotopic (exact) mass is 220 g/mol. The summed E-state index contributed by atoms with van der Waals surface area (Å²) in [5.74, 6) is 0. The molecule has 0 radical (unpaired) electrons. The Kier molecular flexibility index (Phi) is 3.44. The molecule has 2 rings (SSSR count). The number of aliphatic hydroxyl groups excluding tert-OH is 1. The second-order valence-electron chi connectivity index (χ2n) is 4.40. The lowest BCUT2D eigenvalue weighted by Crippen LogP contribution is -2.03. The van der Waals surface area contributed by atoms with E-state index in [1.807, 2.05) is 6.08 Å². The van der Waals surface area contributed by atoms with Crippen LogP contribution in [0.15, 0.2) is 17.7 Å². The molecule has 88 valence electrons. The zero-order valence-electron chi connectivity index (χ0n) is 10.1. The maximum atomic E-state index is 9.46. The van der Waals surface area contributed by atoms with E-state index in [0.29, 0.717) is 0 Å². The van der Waals surface area contributed by atoms with Crippen molar-refractivity contribution in [1.29, 1.82) is 0 Å². The fourth-order valence-electron chi connectivity index (χ4n) is 2.26. The minimum absolute atomic E-state index is 0.223. The number of nitrogens with zero attached hydrogens (tertiary/aromatic N) is 2. The number of hydrogen-bond acceptors (Lipinski definition) is 2. The van der Waals surface area contributed by atoms with Gasteiger partial charge in [-0.25, -0.2) is 0 Å². The molecule has 0 bridgehead atoms. The number of rotatable bonds is 4. The van der Waals surface area contributed by atoms with Crippen molar-refractivity contribution in [3.63, 3.8) is 0 Å². The normalized spacial score (nSPS) is 20.2. The van der Waals surface area contributed by atoms with E-state index in [4.69, 9.17) is 0 Å². The van der Waals surface area contributed by atoms with Gasteiger partial charge in [-0.2, -0.15) is 5.10 Å². The van der Waals surface area contributed by atoms with Gasteiger partial charge in [-0.3, -0.25) is 4.68 Å². The lowest BCUT2D eigenvalue weighted by Gasteiger charge is -2.04. The molecular weight excluding hydrogens is 200 g/mol. The first-order chi connectivity index (χ1) is 7.72. The Labute approximate surface area is 96.8 Å². The Bertz CT molecular complexity index is 393. The molecule has 0 spiro atoms. The Morgan fingerprint density at radius 3 is 2.88 bits per heavy atom. The van der Waals surface area contributed by atoms with Crippen molar-refractivity contribution in [3.05, 3.63) is 29.1 Å². The number of hydrogen-bond donors (Lipinski definition) is 1. The third kappa shape index (κ3) is 2.35. The van der Waals surface area contributed by atoms with Gasteiger partial charge in [0.25, 0.3) is 0 Å². The summed E-state index contributed by atoms with van der Waals surface area (Å²) in [7, 11) is 0. The van der Waals surface area contributed by atoms with Crippen LogP contribution < -0.4 is 0 Å². The van der Waals surface area contributed by atoms with Crippen molar-refractivity contribution >= 4 is 0 Å². The van der Waals surface area contributed by atoms with Crippen LogP contribution in [0.4, 0.5) is 0 Å². The van der Waals surface area contributed by atoms with Gasteiger partial charge in [0.2, 0.25) is 0 Å². The summed E-state index contributed by atoms with van der Waals surface area (Å²) in [6.45, 7) is 5.17. The average Bonchev–Trinajstić information content (AvgIpc) is 2.85. The van der Waals surface area contributed by atoms with Crippen LogP contribution >= 0.6 is 0 Å². The standard InChI is InChI=1S/C13H20N2O/c1-3-11-9-12(15(4-2)14-11)7-10-5-6-13(16)8-10/h8-9,13,16H,3-7H2,1-2H3. The van der Waals surface area contributed by atoms with Crippen LogP contribution in [0.25, 0.3) is 0 Å². The molecule has 1 aromatic heterocycles. The van der Waals surface area contributed by atoms with Gasteiger partial charge in [0.1, 0.15) is 0 Å². The van der Waals surface area contributed by atoms with Gasteiger partial charge in [0.05, 0.1) is 11.8 Å². The topological polar surface area (TPSA) is 38.0 Å². The summed E-state index contributed by atoms with van der Waals surface area (Å²) < 4.78 is 2.07. The van der Waals surface area contributed by atoms with Crippen molar-refractivity contribution < 1.29 is 5.11 Å². The molecule has 0 aliphatic heterocycles. The Morgan fingerprint density at radius 2 is 2.31 bits per heavy atom. The smallest absolute Gasteiger partial charge is 0.0726 e. The molecule has 1 aromatic rings. The molecule has 0 saturated carbocycles. The lowest BCUT2D eigenvalue weighted by molar-refractivity contribution is 0.223. The molecule has 1 atom stereocenters. The van der Waals surface area contributed by atoms with Crippen molar-refractivity contribution in [1.82, 2.24) is 9.78 Å². The van der Waals surface area contributed by atoms with Crippen LogP contribution in [-0.4, -0.2) is 21.0 Å². The second-order valence-corrected chi connectivity index (χ2v) is 4.40. The predicted octanol–water partition coefficient (Wildman–Crippen LogP) is 2.09. The van der Waals surface area contributed by atoms with E-state index < -0.39 is 0 Å². The van der Waals surface area contributed by atoms with E-state index in [2.05, 4.69) is 29.7 Å². The Balaban J connectivity index is 2.14. The van der Waals surface area contributed by atoms with Crippen LogP contribution in [-0.2, 0) is 19.4 Å². The fourth-order valence-corrected chi connectivity index (χ4v) is 2.26. The third-order valence-electron chi connectivity index (χ3n) is 3.17. The quantitative estimate of drug-likeness (QED) is 0.789. The SMILES string of the molecule is CCc1cc(CC2=CC(O)CC2)n(CC)n1. The maximum Gasteiger partial charge on any atom is 0.0726 e. The molecule has 16 heavy (non-hydrogen) atoms. The first-order valence-electron chi connectivity index (χ1n) is 6.16. The van der Waals surface area contributed by atoms with Crippen LogP contribution in [0.1, 0.15) is 38.1 Å². The van der Waals surface area contributed by atoms with Gasteiger partial charge in [0, 0.05) is 18.7 Å². The van der Waals surface area contributed by atoms with Gasteiger partial charge in [0.15, 0.2) is 0 Å². The zero-order valence-corrected chi connectivity index (χ0v) is 10.1. The molecule has 0 fully saturated rings. The highest BCUT2D eigenvalue weighted by Gasteiger charge is 2.15. The molecule has 3 heteroatoms. The van der Waals surface area contributed by atoms with Gasteiger partial charge in [-0.15, -0.1) is 0 Å². The van der Waals surface area contributed by atoms with E-state index in [0.717, 1.165) is 37.9 Å². The van der Waals surface area contributed by atoms with Crippen molar-refractivity contribution in [2.75, 3.05) is 0 Å². The van der Waals surface area contributed by atoms with E-state index in [1.54, 1.807) is 0 Å². The molecule has 0 saturated heterocycles. The first kappa shape index (κ1) is 11.4. The highest BCUT2D eigenvalue weighted by atomic mass is 16.3. The zero-order chi connectivity index (χ0) is 11.5. The summed E-state index contributed by atoms with van der Waals surface area (Å²) in [6.07, 6.45) is 5.62. The molecule has 1 N–H and O–H groups in total. The lowest BCUT2D eigenvalue weighted by atomic mass is 10.1. The summed E-state index contributed by atoms with van der Waals surface area (Å²) >= 11 is 0. The van der Waals surface area contributed by atoms with Gasteiger partial charge in [-0.1, -0.05) is 18.6 Å². The summed E-state index contributed by atoms with van der Waals surface area (Å²) in [4.78, 5) is 0. The minimum Gasteiger partial charge on any atom is -0.389 e. The van der Waals surface area contributed by atoms with Crippen molar-refractivity contribution in [2.45, 2.75) is 52.2 Å². The summed E-state index contributed by atoms with van der Waals surface area (Å²) in [5, 5.41) is 14.0. The molecular formula is C13H20N2O. The van der Waals surface area contributed by atoms with E-state index in [-0.39, 0.29) is 6.10 Å². The van der Waals surface area contributed by atoms with Gasteiger partial charge in [-0.05, 0) is 32.3 Å². The predicted molar refractivity (Wildman–Crippen MR) is 64.3 cm³/mol. The largest absolute Gasteiger partial charge is 0.389 e. The highest BCUT2D eigenvalue weighted by Crippen LogP contribution is 2.22. The van der Waals surface area contributed by atoms with E-state index in [1.165, 1.54) is 11.3 Å². The third-order valence-corrected chi connectivity index (χ3v) is 3.17. The number of aryl methyl sites for hydroxylation is 2. The fraction of sp³-hybridized carbons (Fsp3) is 0.615. The summed E-state index contributed by atoms with van der Waals surface area (Å²) in [6, 6.07) is 2.19. The molecule has 1 heterocycles. The molecule has 1 aliphatic rings. The average molecular weight is 220 g/mol. The maximum absolute atomic E-state index is 9.46. The highest BCUT2D eigenvalue weighted by molar-refractivity contribution is 5.22. The number of aliphatic hydroxyl groups is 1. The van der Waals surface area contributed by atoms with Crippen LogP contribution in [0.3, 0.4) is 0 Å². The van der Waals surface area contributed by atoms with E-state index in [9.17, 15) is 5.11 Å². The molecule has 0 aromatic carbocycles. The van der Waals surface area contributed by atoms with Crippen LogP contribution in [0.5, 0.6) is 0 Å². The van der Waals surface area contributed by atoms with Crippen LogP contribution in [0.2, 0.25) is 0 Å². The first-order valence-corrected chi connectivity index (χ1v) is 6.16. The molecule has 3 nitrogen and oxygen atoms in total. The molecule has 0 amide bonds. The number of allylic oxidation sites excluding steroid dienone is 1. The van der Waals surface area contributed by atoms with Crippen LogP contribution in [0, 0.1) is 0 Å². The number of aromatic nitrogens is 2. The Morgan fingerprint density at radius 1 is 1.50 bits per heavy atom. The molecule has 1 unspecified atom stereocenters. The van der Waals surface area contributed by atoms with E-state index >= 15 is 0 Å². The van der Waals surface area contributed by atoms with Gasteiger partial charge < -0.3 is 5.11 Å². The second kappa shape index (κ2) is 4.83. The van der Waals surface area contributed by atoms with Crippen molar-refractivity contribution in [3.8, 4) is 0 Å². The Hall–Kier alpha value is -1.09.